The average Bonchev–Trinajstić information content (AvgIpc) is 3.48. The van der Waals surface area contributed by atoms with Crippen LogP contribution >= 0.6 is 12.4 Å². The molecule has 230 valence electrons. The van der Waals surface area contributed by atoms with Crippen molar-refractivity contribution in [2.24, 2.45) is 0 Å². The molecule has 13 nitrogen and oxygen atoms in total. The molecule has 1 saturated heterocycles. The van der Waals surface area contributed by atoms with Gasteiger partial charge >= 0.3 is 0 Å². The van der Waals surface area contributed by atoms with Crippen molar-refractivity contribution in [3.05, 3.63) is 48.5 Å². The number of ether oxygens (including phenoxy) is 3. The molecule has 0 unspecified atom stereocenters. The lowest BCUT2D eigenvalue weighted by atomic mass is 9.95. The Kier molecular flexibility index (Phi) is 12.1. The number of carbonyl (C=O) groups is 1. The molecule has 15 heteroatoms. The van der Waals surface area contributed by atoms with Gasteiger partial charge < -0.3 is 19.1 Å². The molecule has 1 aliphatic heterocycles. The Balaban J connectivity index is 0.00000484. The summed E-state index contributed by atoms with van der Waals surface area (Å²) >= 11 is 0. The molecule has 0 saturated carbocycles. The Morgan fingerprint density at radius 1 is 1.00 bits per heavy atom. The van der Waals surface area contributed by atoms with Gasteiger partial charge in [0.25, 0.3) is 5.91 Å². The van der Waals surface area contributed by atoms with E-state index >= 15 is 0 Å². The number of methoxy groups -OCH3 is 1. The smallest absolute Gasteiger partial charge is 0.265 e. The molecule has 1 aromatic heterocycles. The number of hydroxylamine groups is 1. The summed E-state index contributed by atoms with van der Waals surface area (Å²) in [5, 5.41) is 22.0. The fraction of sp³-hybridized carbons (Fsp3) is 0.481. The van der Waals surface area contributed by atoms with Crippen LogP contribution in [0.5, 0.6) is 11.5 Å². The number of tetrazole rings is 1. The summed E-state index contributed by atoms with van der Waals surface area (Å²) in [6.07, 6.45) is 0.707. The van der Waals surface area contributed by atoms with E-state index in [1.807, 2.05) is 36.1 Å². The van der Waals surface area contributed by atoms with Gasteiger partial charge in [-0.05, 0) is 73.5 Å². The van der Waals surface area contributed by atoms with E-state index in [9.17, 15) is 18.4 Å². The number of nitrogens with one attached hydrogen (secondary N) is 1. The van der Waals surface area contributed by atoms with Gasteiger partial charge in [0.05, 0.1) is 31.3 Å². The highest BCUT2D eigenvalue weighted by Gasteiger charge is 2.52. The largest absolute Gasteiger partial charge is 0.494 e. The quantitative estimate of drug-likeness (QED) is 0.154. The van der Waals surface area contributed by atoms with Gasteiger partial charge in [-0.2, -0.15) is 4.80 Å². The molecule has 1 aliphatic rings. The average molecular weight is 625 g/mol. The van der Waals surface area contributed by atoms with Gasteiger partial charge in [0.2, 0.25) is 5.82 Å². The number of benzene rings is 2. The number of rotatable bonds is 14. The molecule has 2 heterocycles. The van der Waals surface area contributed by atoms with E-state index in [-0.39, 0.29) is 30.1 Å². The molecule has 3 aromatic rings. The van der Waals surface area contributed by atoms with Crippen molar-refractivity contribution in [2.75, 3.05) is 46.6 Å². The lowest BCUT2D eigenvalue weighted by Crippen LogP contribution is -2.57. The van der Waals surface area contributed by atoms with E-state index in [0.717, 1.165) is 11.3 Å². The molecule has 0 bridgehead atoms. The summed E-state index contributed by atoms with van der Waals surface area (Å²) < 4.78 is 41.8. The number of likely N-dealkylation sites (tertiary alicyclic amines) is 1. The van der Waals surface area contributed by atoms with Crippen molar-refractivity contribution in [1.29, 1.82) is 0 Å². The van der Waals surface area contributed by atoms with Gasteiger partial charge in [-0.1, -0.05) is 0 Å². The molecule has 0 spiro atoms. The summed E-state index contributed by atoms with van der Waals surface area (Å²) in [5.41, 5.74) is 2.41. The zero-order valence-corrected chi connectivity index (χ0v) is 25.3. The highest BCUT2D eigenvalue weighted by atomic mass is 35.5. The maximum atomic E-state index is 13.6. The Morgan fingerprint density at radius 3 is 2.26 bits per heavy atom. The number of piperidine rings is 1. The Morgan fingerprint density at radius 2 is 1.64 bits per heavy atom. The molecule has 0 aliphatic carbocycles. The normalized spacial score (nSPS) is 15.0. The van der Waals surface area contributed by atoms with Crippen LogP contribution in [0.25, 0.3) is 11.4 Å². The minimum atomic E-state index is -4.10. The number of amides is 1. The number of aromatic nitrogens is 4. The van der Waals surface area contributed by atoms with Gasteiger partial charge in [0.1, 0.15) is 11.5 Å². The number of hydrogen-bond acceptors (Lipinski definition) is 11. The van der Waals surface area contributed by atoms with Crippen LogP contribution in [0.1, 0.15) is 26.2 Å². The van der Waals surface area contributed by atoms with Crippen molar-refractivity contribution in [2.45, 2.75) is 42.4 Å². The lowest BCUT2D eigenvalue weighted by Gasteiger charge is -2.39. The first-order valence-corrected chi connectivity index (χ1v) is 15.0. The van der Waals surface area contributed by atoms with E-state index < -0.39 is 20.5 Å². The van der Waals surface area contributed by atoms with Crippen LogP contribution in [0, 0.1) is 0 Å². The number of sulfone groups is 1. The van der Waals surface area contributed by atoms with Crippen LogP contribution in [0.4, 0.5) is 0 Å². The minimum absolute atomic E-state index is 0. The maximum Gasteiger partial charge on any atom is 0.265 e. The van der Waals surface area contributed by atoms with Crippen molar-refractivity contribution >= 4 is 28.2 Å². The molecule has 0 radical (unpaired) electrons. The van der Waals surface area contributed by atoms with Crippen LogP contribution in [0.2, 0.25) is 0 Å². The van der Waals surface area contributed by atoms with Crippen LogP contribution in [-0.4, -0.2) is 96.0 Å². The van der Waals surface area contributed by atoms with Crippen molar-refractivity contribution in [1.82, 2.24) is 30.6 Å². The number of halogens is 1. The molecular weight excluding hydrogens is 588 g/mol. The molecule has 2 aromatic carbocycles. The summed E-state index contributed by atoms with van der Waals surface area (Å²) in [5.74, 6) is 0.858. The first-order chi connectivity index (χ1) is 19.8. The number of nitrogens with zero attached hydrogens (tertiary/aromatic N) is 5. The van der Waals surface area contributed by atoms with E-state index in [1.165, 1.54) is 16.9 Å². The Labute approximate surface area is 251 Å². The number of aryl methyl sites for hydroxylation is 1. The van der Waals surface area contributed by atoms with Gasteiger partial charge in [0, 0.05) is 38.7 Å². The third-order valence-corrected chi connectivity index (χ3v) is 9.60. The molecule has 1 fully saturated rings. The van der Waals surface area contributed by atoms with Crippen molar-refractivity contribution in [3.8, 4) is 22.9 Å². The van der Waals surface area contributed by atoms with Gasteiger partial charge in [-0.3, -0.25) is 10.0 Å². The second-order valence-corrected chi connectivity index (χ2v) is 11.9. The highest BCUT2D eigenvalue weighted by molar-refractivity contribution is 7.93. The summed E-state index contributed by atoms with van der Waals surface area (Å²) in [4.78, 5) is 16.2. The molecule has 0 atom stereocenters. The summed E-state index contributed by atoms with van der Waals surface area (Å²) in [6, 6.07) is 13.4. The SMILES string of the molecule is CCOc1ccc(-c2nnn(CCCOc3ccc(S(=O)(=O)C4(C(=O)NO)CCN(CCOC)CC4)cc3)n2)cc1.Cl. The fourth-order valence-corrected chi connectivity index (χ4v) is 6.69. The van der Waals surface area contributed by atoms with Crippen LogP contribution in [0.15, 0.2) is 53.4 Å². The first-order valence-electron chi connectivity index (χ1n) is 13.5. The van der Waals surface area contributed by atoms with E-state index in [4.69, 9.17) is 14.2 Å². The van der Waals surface area contributed by atoms with E-state index in [1.54, 1.807) is 24.7 Å². The molecule has 4 rings (SSSR count). The molecule has 2 N–H and O–H groups in total. The third-order valence-electron chi connectivity index (χ3n) is 7.09. The first kappa shape index (κ1) is 33.2. The second kappa shape index (κ2) is 15.3. The summed E-state index contributed by atoms with van der Waals surface area (Å²) in [7, 11) is -2.51. The Bertz CT molecular complexity index is 1380. The third kappa shape index (κ3) is 7.55. The number of carbonyl (C=O) groups excluding carboxylic acids is 1. The van der Waals surface area contributed by atoms with Crippen LogP contribution in [-0.2, 0) is 25.9 Å². The number of hydrogen-bond donors (Lipinski definition) is 2. The molecular formula is C27H37ClN6O7S. The monoisotopic (exact) mass is 624 g/mol. The fourth-order valence-electron chi connectivity index (χ4n) is 4.73. The van der Waals surface area contributed by atoms with Gasteiger partial charge in [-0.15, -0.1) is 22.6 Å². The Hall–Kier alpha value is -3.30. The van der Waals surface area contributed by atoms with Crippen LogP contribution in [0.3, 0.4) is 0 Å². The molecule has 42 heavy (non-hydrogen) atoms. The van der Waals surface area contributed by atoms with Crippen molar-refractivity contribution < 1.29 is 32.6 Å². The standard InChI is InChI=1S/C27H36N6O7S.ClH/c1-3-39-22-7-5-21(6-8-22)25-28-31-33(29-25)15-4-19-40-23-9-11-24(12-10-23)41(36,37)27(26(34)30-35)13-16-32(17-14-27)18-20-38-2;/h5-12,35H,3-4,13-20H2,1-2H3,(H,30,34);1H. The maximum absolute atomic E-state index is 13.6. The minimum Gasteiger partial charge on any atom is -0.494 e. The van der Waals surface area contributed by atoms with Gasteiger partial charge in [0.15, 0.2) is 14.6 Å². The zero-order valence-electron chi connectivity index (χ0n) is 23.6. The molecule has 1 amide bonds. The van der Waals surface area contributed by atoms with E-state index in [0.29, 0.717) is 64.0 Å². The lowest BCUT2D eigenvalue weighted by molar-refractivity contribution is -0.133. The second-order valence-electron chi connectivity index (χ2n) is 9.61. The van der Waals surface area contributed by atoms with Crippen LogP contribution < -0.4 is 15.0 Å². The van der Waals surface area contributed by atoms with Gasteiger partial charge in [-0.25, -0.2) is 13.9 Å². The zero-order chi connectivity index (χ0) is 29.3. The summed E-state index contributed by atoms with van der Waals surface area (Å²) in [6.45, 7) is 5.27. The highest BCUT2D eigenvalue weighted by Crippen LogP contribution is 2.36. The van der Waals surface area contributed by atoms with E-state index in [2.05, 4.69) is 15.4 Å². The predicted molar refractivity (Wildman–Crippen MR) is 156 cm³/mol. The topological polar surface area (TPSA) is 158 Å². The predicted octanol–water partition coefficient (Wildman–Crippen LogP) is 2.39. The van der Waals surface area contributed by atoms with Crippen molar-refractivity contribution in [3.63, 3.8) is 0 Å².